The Bertz CT molecular complexity index is 1110. The Morgan fingerprint density at radius 3 is 2.61 bits per heavy atom. The molecule has 0 aromatic heterocycles. The van der Waals surface area contributed by atoms with E-state index in [1.807, 2.05) is 24.3 Å². The van der Waals surface area contributed by atoms with E-state index in [-0.39, 0.29) is 36.4 Å². The number of hydrogen-bond donors (Lipinski definition) is 3. The molecule has 0 saturated carbocycles. The number of nitrogens with one attached hydrogen (secondary N) is 3. The molecule has 0 aliphatic carbocycles. The molecule has 10 heteroatoms. The fraction of sp³-hybridized carbons (Fsp3) is 0.391. The number of ether oxygens (including phenoxy) is 2. The van der Waals surface area contributed by atoms with Gasteiger partial charge in [0.15, 0.2) is 0 Å². The van der Waals surface area contributed by atoms with Crippen molar-refractivity contribution >= 4 is 27.7 Å². The number of para-hydroxylation sites is 1. The zero-order valence-corrected chi connectivity index (χ0v) is 19.7. The van der Waals surface area contributed by atoms with Gasteiger partial charge in [-0.1, -0.05) is 24.3 Å². The highest BCUT2D eigenvalue weighted by molar-refractivity contribution is 7.89. The van der Waals surface area contributed by atoms with Crippen molar-refractivity contribution in [3.63, 3.8) is 0 Å². The molecule has 9 nitrogen and oxygen atoms in total. The van der Waals surface area contributed by atoms with Crippen LogP contribution in [0.1, 0.15) is 26.3 Å². The summed E-state index contributed by atoms with van der Waals surface area (Å²) in [5, 5.41) is 5.26. The summed E-state index contributed by atoms with van der Waals surface area (Å²) in [7, 11) is -3.83. The van der Waals surface area contributed by atoms with Gasteiger partial charge in [0.2, 0.25) is 15.9 Å². The largest absolute Gasteiger partial charge is 0.492 e. The van der Waals surface area contributed by atoms with Gasteiger partial charge in [0.1, 0.15) is 18.0 Å². The maximum Gasteiger partial charge on any atom is 0.407 e. The van der Waals surface area contributed by atoms with E-state index >= 15 is 0 Å². The molecule has 1 aliphatic heterocycles. The molecule has 3 N–H and O–H groups in total. The predicted octanol–water partition coefficient (Wildman–Crippen LogP) is 2.68. The van der Waals surface area contributed by atoms with Crippen LogP contribution in [0.4, 0.5) is 10.5 Å². The normalized spacial score (nSPS) is 15.7. The molecule has 33 heavy (non-hydrogen) atoms. The zero-order chi connectivity index (χ0) is 24.1. The standard InChI is InChI=1S/C23H29N3O6S/c1-23(2,3)32-22(28)24-11-12-25-33(29,30)19-9-6-8-18(14-19)26-21(27)17-13-16-7-4-5-10-20(16)31-15-17/h4-10,14,17,25H,11-13,15H2,1-3H3,(H,24,28)(H,26,27). The number of fused-ring (bicyclic) bond motifs is 1. The number of hydrogen-bond acceptors (Lipinski definition) is 6. The quantitative estimate of drug-likeness (QED) is 0.529. The number of carbonyl (C=O) groups excluding carboxylic acids is 2. The maximum absolute atomic E-state index is 12.7. The van der Waals surface area contributed by atoms with Crippen molar-refractivity contribution in [3.05, 3.63) is 54.1 Å². The number of alkyl carbamates (subject to hydrolysis) is 1. The van der Waals surface area contributed by atoms with Crippen LogP contribution < -0.4 is 20.1 Å². The SMILES string of the molecule is CC(C)(C)OC(=O)NCCNS(=O)(=O)c1cccc(NC(=O)C2COc3ccccc3C2)c1. The third kappa shape index (κ3) is 7.19. The van der Waals surface area contributed by atoms with Crippen molar-refractivity contribution in [2.24, 2.45) is 5.92 Å². The molecule has 1 aliphatic rings. The van der Waals surface area contributed by atoms with Gasteiger partial charge in [0.25, 0.3) is 0 Å². The second-order valence-electron chi connectivity index (χ2n) is 8.66. The summed E-state index contributed by atoms with van der Waals surface area (Å²) in [6, 6.07) is 13.6. The van der Waals surface area contributed by atoms with E-state index in [1.165, 1.54) is 12.1 Å². The van der Waals surface area contributed by atoms with Gasteiger partial charge in [-0.15, -0.1) is 0 Å². The summed E-state index contributed by atoms with van der Waals surface area (Å²) < 4.78 is 38.4. The number of anilines is 1. The van der Waals surface area contributed by atoms with E-state index < -0.39 is 21.7 Å². The number of amides is 2. The highest BCUT2D eigenvalue weighted by Crippen LogP contribution is 2.27. The van der Waals surface area contributed by atoms with E-state index in [9.17, 15) is 18.0 Å². The van der Waals surface area contributed by atoms with E-state index in [0.717, 1.165) is 11.3 Å². The number of rotatable bonds is 7. The summed E-state index contributed by atoms with van der Waals surface area (Å²) in [5.74, 6) is 0.160. The lowest BCUT2D eigenvalue weighted by Gasteiger charge is -2.24. The first-order valence-electron chi connectivity index (χ1n) is 10.6. The lowest BCUT2D eigenvalue weighted by atomic mass is 9.96. The summed E-state index contributed by atoms with van der Waals surface area (Å²) >= 11 is 0. The minimum absolute atomic E-state index is 0.00260. The van der Waals surface area contributed by atoms with Gasteiger partial charge >= 0.3 is 6.09 Å². The van der Waals surface area contributed by atoms with Crippen molar-refractivity contribution in [2.75, 3.05) is 25.0 Å². The smallest absolute Gasteiger partial charge is 0.407 e. The van der Waals surface area contributed by atoms with Crippen LogP contribution >= 0.6 is 0 Å². The predicted molar refractivity (Wildman–Crippen MR) is 124 cm³/mol. The highest BCUT2D eigenvalue weighted by atomic mass is 32.2. The first-order valence-corrected chi connectivity index (χ1v) is 12.1. The van der Waals surface area contributed by atoms with Gasteiger partial charge in [0, 0.05) is 18.8 Å². The van der Waals surface area contributed by atoms with Gasteiger partial charge in [-0.05, 0) is 57.0 Å². The van der Waals surface area contributed by atoms with Gasteiger partial charge in [-0.25, -0.2) is 17.9 Å². The molecule has 2 amide bonds. The lowest BCUT2D eigenvalue weighted by Crippen LogP contribution is -2.37. The number of carbonyl (C=O) groups is 2. The van der Waals surface area contributed by atoms with E-state index in [1.54, 1.807) is 32.9 Å². The summed E-state index contributed by atoms with van der Waals surface area (Å²) in [6.45, 7) is 5.52. The maximum atomic E-state index is 12.7. The zero-order valence-electron chi connectivity index (χ0n) is 18.9. The molecule has 2 aromatic carbocycles. The van der Waals surface area contributed by atoms with Gasteiger partial charge in [0.05, 0.1) is 10.8 Å². The first-order chi connectivity index (χ1) is 15.5. The first kappa shape index (κ1) is 24.5. The van der Waals surface area contributed by atoms with Crippen LogP contribution in [0, 0.1) is 5.92 Å². The molecule has 1 unspecified atom stereocenters. The lowest BCUT2D eigenvalue weighted by molar-refractivity contribution is -0.121. The number of benzene rings is 2. The van der Waals surface area contributed by atoms with Gasteiger partial charge < -0.3 is 20.1 Å². The Kier molecular flexibility index (Phi) is 7.60. The minimum Gasteiger partial charge on any atom is -0.492 e. The van der Waals surface area contributed by atoms with Crippen LogP contribution in [0.2, 0.25) is 0 Å². The topological polar surface area (TPSA) is 123 Å². The molecule has 1 atom stereocenters. The summed E-state index contributed by atoms with van der Waals surface area (Å²) in [6.07, 6.45) is -0.0765. The highest BCUT2D eigenvalue weighted by Gasteiger charge is 2.26. The van der Waals surface area contributed by atoms with Crippen LogP contribution in [0.15, 0.2) is 53.4 Å². The van der Waals surface area contributed by atoms with Crippen LogP contribution in [0.5, 0.6) is 5.75 Å². The second-order valence-corrected chi connectivity index (χ2v) is 10.4. The van der Waals surface area contributed by atoms with Crippen LogP contribution in [0.25, 0.3) is 0 Å². The summed E-state index contributed by atoms with van der Waals surface area (Å²) in [4.78, 5) is 24.3. The van der Waals surface area contributed by atoms with Crippen molar-refractivity contribution in [1.29, 1.82) is 0 Å². The molecule has 0 radical (unpaired) electrons. The van der Waals surface area contributed by atoms with Crippen LogP contribution in [0.3, 0.4) is 0 Å². The fourth-order valence-corrected chi connectivity index (χ4v) is 4.31. The van der Waals surface area contributed by atoms with Crippen molar-refractivity contribution in [1.82, 2.24) is 10.0 Å². The molecule has 2 aromatic rings. The Morgan fingerprint density at radius 1 is 1.09 bits per heavy atom. The third-order valence-corrected chi connectivity index (χ3v) is 6.21. The average molecular weight is 476 g/mol. The van der Waals surface area contributed by atoms with Crippen LogP contribution in [-0.4, -0.2) is 45.7 Å². The molecule has 0 spiro atoms. The summed E-state index contributed by atoms with van der Waals surface area (Å²) in [5.41, 5.74) is 0.694. The minimum atomic E-state index is -3.83. The van der Waals surface area contributed by atoms with E-state index in [4.69, 9.17) is 9.47 Å². The van der Waals surface area contributed by atoms with E-state index in [2.05, 4.69) is 15.4 Å². The van der Waals surface area contributed by atoms with Crippen molar-refractivity contribution in [3.8, 4) is 5.75 Å². The Labute approximate surface area is 193 Å². The van der Waals surface area contributed by atoms with Gasteiger partial charge in [-0.2, -0.15) is 0 Å². The second kappa shape index (κ2) is 10.2. The molecule has 3 rings (SSSR count). The Balaban J connectivity index is 1.54. The fourth-order valence-electron chi connectivity index (χ4n) is 3.23. The molecule has 1 heterocycles. The average Bonchev–Trinajstić information content (AvgIpc) is 2.75. The Morgan fingerprint density at radius 2 is 1.85 bits per heavy atom. The molecule has 0 saturated heterocycles. The molecule has 0 fully saturated rings. The van der Waals surface area contributed by atoms with Crippen molar-refractivity contribution in [2.45, 2.75) is 37.7 Å². The molecule has 0 bridgehead atoms. The molecular weight excluding hydrogens is 446 g/mol. The number of sulfonamides is 1. The van der Waals surface area contributed by atoms with Gasteiger partial charge in [-0.3, -0.25) is 4.79 Å². The van der Waals surface area contributed by atoms with E-state index in [0.29, 0.717) is 12.1 Å². The monoisotopic (exact) mass is 475 g/mol. The third-order valence-electron chi connectivity index (χ3n) is 4.75. The molecular formula is C23H29N3O6S. The van der Waals surface area contributed by atoms with Crippen molar-refractivity contribution < 1.29 is 27.5 Å². The molecule has 178 valence electrons. The van der Waals surface area contributed by atoms with Crippen LogP contribution in [-0.2, 0) is 26.0 Å². The Hall–Kier alpha value is -3.11.